The molecule has 3 aliphatic rings. The van der Waals surface area contributed by atoms with Crippen LogP contribution in [0.5, 0.6) is 0 Å². The number of nitrogens with zero attached hydrogens (tertiary/aromatic N) is 5. The first kappa shape index (κ1) is 51.2. The largest absolute Gasteiger partial charge is 0.309 e. The zero-order chi connectivity index (χ0) is 60.1. The molecule has 0 N–H and O–H groups in total. The normalized spacial score (nSPS) is 14.6. The zero-order valence-electron chi connectivity index (χ0n) is 51.1. The third-order valence-electron chi connectivity index (χ3n) is 21.1. The van der Waals surface area contributed by atoms with Crippen LogP contribution in [0.15, 0.2) is 261 Å². The van der Waals surface area contributed by atoms with Gasteiger partial charge in [-0.3, -0.25) is 0 Å². The molecule has 0 fully saturated rings. The lowest BCUT2D eigenvalue weighted by molar-refractivity contribution is 0.660. The summed E-state index contributed by atoms with van der Waals surface area (Å²) >= 11 is 0. The third kappa shape index (κ3) is 6.81. The van der Waals surface area contributed by atoms with Crippen molar-refractivity contribution in [2.75, 3.05) is 0 Å². The van der Waals surface area contributed by atoms with Gasteiger partial charge >= 0.3 is 0 Å². The second-order valence-corrected chi connectivity index (χ2v) is 26.8. The van der Waals surface area contributed by atoms with Crippen molar-refractivity contribution in [1.29, 1.82) is 0 Å². The van der Waals surface area contributed by atoms with Crippen LogP contribution in [0.1, 0.15) is 74.9 Å². The minimum Gasteiger partial charge on any atom is -0.309 e. The monoisotopic (exact) mass is 1150 g/mol. The quantitative estimate of drug-likeness (QED) is 0.166. The van der Waals surface area contributed by atoms with E-state index in [2.05, 4.69) is 316 Å². The lowest BCUT2D eigenvalue weighted by Gasteiger charge is -2.21. The fraction of sp³-hybridized carbons (Fsp3) is 0.106. The van der Waals surface area contributed by atoms with Crippen LogP contribution >= 0.6 is 0 Å². The predicted molar refractivity (Wildman–Crippen MR) is 374 cm³/mol. The van der Waals surface area contributed by atoms with E-state index in [1.807, 2.05) is 0 Å². The first-order valence-corrected chi connectivity index (χ1v) is 31.6. The van der Waals surface area contributed by atoms with E-state index in [1.165, 1.54) is 132 Å². The summed E-state index contributed by atoms with van der Waals surface area (Å²) < 4.78 is 7.33. The second-order valence-electron chi connectivity index (χ2n) is 26.8. The Kier molecular flexibility index (Phi) is 10.3. The standard InChI is InChI=1S/C85H61N5/c1-83(2)62-28-13-7-22-56(62)76-65(83)42-45-73-79(76)59-25-10-16-31-70(59)88(73)53-38-34-50(35-39-53)68-49-69(51-36-40-54(41-37-51)89-71-32-17-11-26-60(71)80-74(89)46-43-66-77(80)57-23-8-14-29-63(57)84(66,3)4)87-82(86-68)52-20-19-21-55(48-52)90-72-33-18-12-27-61(72)81-75(90)47-44-67-78(81)58-24-9-15-30-64(58)85(67,5)6/h7-49H,1-6H3. The Morgan fingerprint density at radius 2 is 0.600 bits per heavy atom. The summed E-state index contributed by atoms with van der Waals surface area (Å²) in [5, 5.41) is 7.66. The van der Waals surface area contributed by atoms with Gasteiger partial charge in [0, 0.05) is 82.3 Å². The maximum absolute atomic E-state index is 5.55. The van der Waals surface area contributed by atoms with Crippen molar-refractivity contribution in [3.8, 4) is 84.3 Å². The number of fused-ring (bicyclic) bond motifs is 21. The van der Waals surface area contributed by atoms with Crippen molar-refractivity contribution in [3.63, 3.8) is 0 Å². The van der Waals surface area contributed by atoms with Crippen LogP contribution in [0.25, 0.3) is 150 Å². The van der Waals surface area contributed by atoms with E-state index in [0.717, 1.165) is 45.1 Å². The minimum atomic E-state index is -0.115. The number of hydrogen-bond acceptors (Lipinski definition) is 2. The molecule has 4 heterocycles. The van der Waals surface area contributed by atoms with Crippen molar-refractivity contribution < 1.29 is 0 Å². The Balaban J connectivity index is 0.771. The fourth-order valence-corrected chi connectivity index (χ4v) is 16.8. The first-order valence-electron chi connectivity index (χ1n) is 31.6. The number of aromatic nitrogens is 5. The van der Waals surface area contributed by atoms with Crippen LogP contribution in [-0.2, 0) is 16.2 Å². The average molecular weight is 1150 g/mol. The highest BCUT2D eigenvalue weighted by atomic mass is 15.0. The Labute approximate surface area is 522 Å². The lowest BCUT2D eigenvalue weighted by atomic mass is 9.82. The van der Waals surface area contributed by atoms with Crippen molar-refractivity contribution in [2.45, 2.75) is 57.8 Å². The highest BCUT2D eigenvalue weighted by Crippen LogP contribution is 2.57. The Hall–Kier alpha value is -10.9. The molecular formula is C85H61N5. The molecule has 5 heteroatoms. The Bertz CT molecular complexity index is 5560. The predicted octanol–water partition coefficient (Wildman–Crippen LogP) is 21.7. The highest BCUT2D eigenvalue weighted by molar-refractivity contribution is 6.20. The molecule has 3 aliphatic carbocycles. The SMILES string of the molecule is CC1(C)c2ccccc2-c2c1ccc1c2c2ccccc2n1-c1ccc(-c2cc(-c3ccc(-n4c5ccccc5c5c6c(ccc54)C(C)(C)c4ccccc4-6)cc3)nc(-c3cccc(-n4c5ccccc5c5c6c(ccc54)C(C)(C)c4ccccc4-6)c3)n2)cc1. The molecule has 0 saturated carbocycles. The molecule has 90 heavy (non-hydrogen) atoms. The topological polar surface area (TPSA) is 40.6 Å². The molecule has 19 rings (SSSR count). The minimum absolute atomic E-state index is 0.0992. The summed E-state index contributed by atoms with van der Waals surface area (Å²) in [5.41, 5.74) is 31.0. The van der Waals surface area contributed by atoms with Crippen LogP contribution in [-0.4, -0.2) is 23.7 Å². The molecule has 16 aromatic rings. The zero-order valence-corrected chi connectivity index (χ0v) is 51.1. The molecule has 0 unspecified atom stereocenters. The number of benzene rings is 12. The van der Waals surface area contributed by atoms with Gasteiger partial charge < -0.3 is 13.7 Å². The van der Waals surface area contributed by atoms with Gasteiger partial charge in [-0.15, -0.1) is 0 Å². The van der Waals surface area contributed by atoms with Gasteiger partial charge in [0.15, 0.2) is 5.82 Å². The van der Waals surface area contributed by atoms with Gasteiger partial charge in [-0.05, 0) is 146 Å². The van der Waals surface area contributed by atoms with Crippen LogP contribution in [0.4, 0.5) is 0 Å². The molecule has 426 valence electrons. The molecule has 0 amide bonds. The van der Waals surface area contributed by atoms with Gasteiger partial charge in [0.2, 0.25) is 0 Å². The summed E-state index contributed by atoms with van der Waals surface area (Å²) in [6.45, 7) is 14.2. The van der Waals surface area contributed by atoms with E-state index < -0.39 is 0 Å². The molecule has 0 aliphatic heterocycles. The van der Waals surface area contributed by atoms with E-state index in [4.69, 9.17) is 9.97 Å². The average Bonchev–Trinajstić information content (AvgIpc) is 1.56. The van der Waals surface area contributed by atoms with E-state index in [9.17, 15) is 0 Å². The van der Waals surface area contributed by atoms with Gasteiger partial charge in [-0.25, -0.2) is 9.97 Å². The fourth-order valence-electron chi connectivity index (χ4n) is 16.8. The van der Waals surface area contributed by atoms with E-state index in [-0.39, 0.29) is 16.2 Å². The molecule has 5 nitrogen and oxygen atoms in total. The summed E-state index contributed by atoms with van der Waals surface area (Å²) in [4.78, 5) is 11.1. The Morgan fingerprint density at radius 1 is 0.256 bits per heavy atom. The summed E-state index contributed by atoms with van der Waals surface area (Å²) in [6, 6.07) is 96.8. The Morgan fingerprint density at radius 3 is 0.989 bits per heavy atom. The van der Waals surface area contributed by atoms with Gasteiger partial charge in [0.05, 0.1) is 44.5 Å². The number of hydrogen-bond donors (Lipinski definition) is 0. The molecule has 0 spiro atoms. The molecular weight excluding hydrogens is 1090 g/mol. The molecule has 12 aromatic carbocycles. The van der Waals surface area contributed by atoms with Crippen LogP contribution in [0.3, 0.4) is 0 Å². The summed E-state index contributed by atoms with van der Waals surface area (Å²) in [7, 11) is 0. The van der Waals surface area contributed by atoms with E-state index in [1.54, 1.807) is 0 Å². The molecule has 0 radical (unpaired) electrons. The number of para-hydroxylation sites is 3. The lowest BCUT2D eigenvalue weighted by Crippen LogP contribution is -2.14. The van der Waals surface area contributed by atoms with E-state index >= 15 is 0 Å². The summed E-state index contributed by atoms with van der Waals surface area (Å²) in [6.07, 6.45) is 0. The van der Waals surface area contributed by atoms with Gasteiger partial charge in [-0.2, -0.15) is 0 Å². The van der Waals surface area contributed by atoms with Crippen molar-refractivity contribution >= 4 is 65.4 Å². The molecule has 4 aromatic heterocycles. The van der Waals surface area contributed by atoms with Gasteiger partial charge in [0.25, 0.3) is 0 Å². The van der Waals surface area contributed by atoms with Crippen molar-refractivity contribution in [1.82, 2.24) is 23.7 Å². The van der Waals surface area contributed by atoms with Gasteiger partial charge in [-0.1, -0.05) is 224 Å². The maximum atomic E-state index is 5.55. The van der Waals surface area contributed by atoms with Crippen LogP contribution in [0, 0.1) is 0 Å². The van der Waals surface area contributed by atoms with E-state index in [0.29, 0.717) is 5.82 Å². The second kappa shape index (κ2) is 18.1. The van der Waals surface area contributed by atoms with Gasteiger partial charge in [0.1, 0.15) is 0 Å². The summed E-state index contributed by atoms with van der Waals surface area (Å²) in [5.74, 6) is 0.661. The molecule has 0 atom stereocenters. The number of rotatable bonds is 6. The van der Waals surface area contributed by atoms with Crippen molar-refractivity contribution in [2.24, 2.45) is 0 Å². The van der Waals surface area contributed by atoms with Crippen molar-refractivity contribution in [3.05, 3.63) is 294 Å². The molecule has 0 saturated heterocycles. The maximum Gasteiger partial charge on any atom is 0.160 e. The van der Waals surface area contributed by atoms with Crippen LogP contribution < -0.4 is 0 Å². The third-order valence-corrected chi connectivity index (χ3v) is 21.1. The molecule has 0 bridgehead atoms. The van der Waals surface area contributed by atoms with Crippen LogP contribution in [0.2, 0.25) is 0 Å². The first-order chi connectivity index (χ1) is 43.9. The highest BCUT2D eigenvalue weighted by Gasteiger charge is 2.40. The smallest absolute Gasteiger partial charge is 0.160 e.